The van der Waals surface area contributed by atoms with Gasteiger partial charge in [-0.05, 0) is 81.6 Å². The number of nitrogens with zero attached hydrogens (tertiary/aromatic N) is 1. The van der Waals surface area contributed by atoms with E-state index < -0.39 is 60.0 Å². The lowest BCUT2D eigenvalue weighted by Gasteiger charge is -2.39. The lowest BCUT2D eigenvalue weighted by Crippen LogP contribution is -2.46. The Morgan fingerprint density at radius 1 is 0.820 bits per heavy atom. The number of nitrogens with two attached hydrogens (primary N) is 1. The Morgan fingerprint density at radius 2 is 1.28 bits per heavy atom. The molecule has 0 fully saturated rings. The van der Waals surface area contributed by atoms with Gasteiger partial charge in [0.2, 0.25) is 12.2 Å². The maximum absolute atomic E-state index is 12.9. The Hall–Kier alpha value is -5.44. The zero-order valence-corrected chi connectivity index (χ0v) is 27.6. The molecule has 0 aliphatic carbocycles. The number of carboxylic acids is 2. The van der Waals surface area contributed by atoms with Gasteiger partial charge in [0.1, 0.15) is 0 Å². The molecule has 1 amide bonds. The smallest absolute Gasteiger partial charge is 0.416 e. The molecule has 1 aliphatic rings. The van der Waals surface area contributed by atoms with Crippen molar-refractivity contribution in [2.75, 3.05) is 11.5 Å². The first-order valence-corrected chi connectivity index (χ1v) is 15.4. The number of hydrogen-bond donors (Lipinski definition) is 3. The van der Waals surface area contributed by atoms with E-state index in [0.717, 1.165) is 23.3 Å². The number of carbonyl (C=O) groups excluding carboxylic acids is 3. The second-order valence-electron chi connectivity index (χ2n) is 11.3. The maximum atomic E-state index is 12.9. The summed E-state index contributed by atoms with van der Waals surface area (Å²) in [4.78, 5) is 60.9. The van der Waals surface area contributed by atoms with E-state index in [2.05, 4.69) is 0 Å². The number of fused-ring (bicyclic) bond motifs is 1. The van der Waals surface area contributed by atoms with Gasteiger partial charge in [0.15, 0.2) is 0 Å². The zero-order chi connectivity index (χ0) is 37.3. The van der Waals surface area contributed by atoms with Crippen LogP contribution in [0.15, 0.2) is 66.7 Å². The SMILES string of the molecule is CCOC(=O)N1c2ccc(C(F)(F)F)cc2[C@@H](N)C[C@@H]1CC.Cc1ccc(C(=O)O[C@H](C(=O)O)[C@H](OC(=O)c2ccc(C)cc2)C(=O)O)cc1. The van der Waals surface area contributed by atoms with E-state index in [0.29, 0.717) is 24.1 Å². The molecule has 4 atom stereocenters. The van der Waals surface area contributed by atoms with Gasteiger partial charge >= 0.3 is 36.1 Å². The van der Waals surface area contributed by atoms with Gasteiger partial charge in [0.05, 0.1) is 29.0 Å². The third-order valence-corrected chi connectivity index (χ3v) is 7.65. The minimum atomic E-state index is -4.44. The largest absolute Gasteiger partial charge is 0.478 e. The number of rotatable bonds is 9. The van der Waals surface area contributed by atoms with Gasteiger partial charge in [-0.3, -0.25) is 4.90 Å². The molecule has 4 N–H and O–H groups in total. The van der Waals surface area contributed by atoms with Gasteiger partial charge in [-0.2, -0.15) is 13.2 Å². The number of ether oxygens (including phenoxy) is 3. The van der Waals surface area contributed by atoms with Crippen LogP contribution in [-0.4, -0.2) is 65.0 Å². The number of amides is 1. The van der Waals surface area contributed by atoms with Crippen molar-refractivity contribution in [3.05, 3.63) is 100 Å². The molecule has 50 heavy (non-hydrogen) atoms. The second kappa shape index (κ2) is 16.8. The van der Waals surface area contributed by atoms with Gasteiger partial charge in [0.25, 0.3) is 0 Å². The number of esters is 2. The van der Waals surface area contributed by atoms with Gasteiger partial charge in [-0.15, -0.1) is 0 Å². The molecule has 0 radical (unpaired) electrons. The van der Waals surface area contributed by atoms with Crippen LogP contribution in [0.2, 0.25) is 0 Å². The summed E-state index contributed by atoms with van der Waals surface area (Å²) in [5.41, 5.74) is 7.77. The molecule has 0 saturated carbocycles. The van der Waals surface area contributed by atoms with E-state index in [1.54, 1.807) is 45.0 Å². The molecular weight excluding hydrogens is 665 g/mol. The Labute approximate surface area is 285 Å². The quantitative estimate of drug-likeness (QED) is 0.174. The first kappa shape index (κ1) is 39.0. The van der Waals surface area contributed by atoms with Gasteiger partial charge in [-0.25, -0.2) is 24.0 Å². The van der Waals surface area contributed by atoms with E-state index in [1.807, 2.05) is 6.92 Å². The van der Waals surface area contributed by atoms with Crippen molar-refractivity contribution >= 4 is 35.7 Å². The van der Waals surface area contributed by atoms with Crippen LogP contribution in [-0.2, 0) is 30.0 Å². The Kier molecular flexibility index (Phi) is 13.1. The average Bonchev–Trinajstić information content (AvgIpc) is 3.06. The molecule has 3 aromatic rings. The van der Waals surface area contributed by atoms with Gasteiger partial charge < -0.3 is 30.2 Å². The first-order chi connectivity index (χ1) is 23.5. The number of anilines is 1. The van der Waals surface area contributed by atoms with Crippen molar-refractivity contribution < 1.29 is 61.6 Å². The van der Waals surface area contributed by atoms with Crippen molar-refractivity contribution in [1.82, 2.24) is 0 Å². The molecule has 1 aliphatic heterocycles. The third-order valence-electron chi connectivity index (χ3n) is 7.65. The van der Waals surface area contributed by atoms with Crippen molar-refractivity contribution in [3.63, 3.8) is 0 Å². The molecule has 0 unspecified atom stereocenters. The van der Waals surface area contributed by atoms with Crippen molar-refractivity contribution in [1.29, 1.82) is 0 Å². The van der Waals surface area contributed by atoms with Crippen LogP contribution in [0.4, 0.5) is 23.7 Å². The van der Waals surface area contributed by atoms with Crippen molar-refractivity contribution in [2.24, 2.45) is 5.73 Å². The van der Waals surface area contributed by atoms with Crippen molar-refractivity contribution in [3.8, 4) is 0 Å². The molecule has 0 saturated heterocycles. The molecular formula is C35H37F3N2O10. The zero-order valence-electron chi connectivity index (χ0n) is 27.6. The Morgan fingerprint density at radius 3 is 1.66 bits per heavy atom. The summed E-state index contributed by atoms with van der Waals surface area (Å²) < 4.78 is 53.2. The number of carboxylic acid groups (broad SMARTS) is 2. The lowest BCUT2D eigenvalue weighted by molar-refractivity contribution is -0.166. The van der Waals surface area contributed by atoms with Crippen LogP contribution in [0, 0.1) is 13.8 Å². The number of alkyl halides is 3. The molecule has 0 aromatic heterocycles. The van der Waals surface area contributed by atoms with Crippen LogP contribution < -0.4 is 10.6 Å². The molecule has 3 aromatic carbocycles. The minimum absolute atomic E-state index is 0.0332. The third kappa shape index (κ3) is 9.81. The van der Waals surface area contributed by atoms with Crippen LogP contribution in [0.5, 0.6) is 0 Å². The number of aliphatic carboxylic acids is 2. The van der Waals surface area contributed by atoms with E-state index in [9.17, 15) is 47.4 Å². The highest BCUT2D eigenvalue weighted by Gasteiger charge is 2.41. The fraction of sp³-hybridized carbons (Fsp3) is 0.343. The number of halogens is 3. The predicted octanol–water partition coefficient (Wildman–Crippen LogP) is 6.07. The standard InChI is InChI=1S/C20H18O8.C15H19F3N2O2/c1-11-3-7-13(8-4-11)19(25)27-15(17(21)22)16(18(23)24)28-20(26)14-9-5-12(2)6-10-14;1-3-10-8-12(19)11-7-9(15(16,17)18)5-6-13(11)20(10)14(21)22-4-2/h3-10,15-16H,1-2H3,(H,21,22)(H,23,24);5-7,10,12H,3-4,8,19H2,1-2H3/t15-,16-;10-,12-/m00/s1. The topological polar surface area (TPSA) is 183 Å². The summed E-state index contributed by atoms with van der Waals surface area (Å²) in [6, 6.07) is 14.6. The highest BCUT2D eigenvalue weighted by molar-refractivity contribution is 5.95. The maximum Gasteiger partial charge on any atom is 0.416 e. The number of carbonyl (C=O) groups is 5. The minimum Gasteiger partial charge on any atom is -0.478 e. The highest BCUT2D eigenvalue weighted by Crippen LogP contribution is 2.41. The van der Waals surface area contributed by atoms with Crippen LogP contribution in [0.25, 0.3) is 0 Å². The molecule has 15 heteroatoms. The van der Waals surface area contributed by atoms with Gasteiger partial charge in [0, 0.05) is 12.1 Å². The molecule has 268 valence electrons. The normalized spacial score (nSPS) is 16.4. The summed E-state index contributed by atoms with van der Waals surface area (Å²) >= 11 is 0. The molecule has 0 bridgehead atoms. The van der Waals surface area contributed by atoms with E-state index >= 15 is 0 Å². The number of aryl methyl sites for hydroxylation is 2. The Bertz CT molecular complexity index is 1620. The monoisotopic (exact) mass is 702 g/mol. The van der Waals surface area contributed by atoms with Crippen LogP contribution >= 0.6 is 0 Å². The first-order valence-electron chi connectivity index (χ1n) is 15.4. The van der Waals surface area contributed by atoms with E-state index in [4.69, 9.17) is 19.9 Å². The van der Waals surface area contributed by atoms with E-state index in [1.165, 1.54) is 35.2 Å². The molecule has 12 nitrogen and oxygen atoms in total. The fourth-order valence-corrected chi connectivity index (χ4v) is 4.99. The fourth-order valence-electron chi connectivity index (χ4n) is 4.99. The average molecular weight is 703 g/mol. The van der Waals surface area contributed by atoms with Crippen LogP contribution in [0.3, 0.4) is 0 Å². The number of hydrogen-bond acceptors (Lipinski definition) is 9. The number of benzene rings is 3. The van der Waals surface area contributed by atoms with Crippen LogP contribution in [0.1, 0.15) is 75.7 Å². The van der Waals surface area contributed by atoms with E-state index in [-0.39, 0.29) is 23.8 Å². The second-order valence-corrected chi connectivity index (χ2v) is 11.3. The summed E-state index contributed by atoms with van der Waals surface area (Å²) in [7, 11) is 0. The summed E-state index contributed by atoms with van der Waals surface area (Å²) in [6.45, 7) is 7.37. The molecule has 1 heterocycles. The summed E-state index contributed by atoms with van der Waals surface area (Å²) in [5, 5.41) is 18.6. The molecule has 0 spiro atoms. The summed E-state index contributed by atoms with van der Waals surface area (Å²) in [6.07, 6.45) is -8.38. The lowest BCUT2D eigenvalue weighted by atomic mass is 9.89. The predicted molar refractivity (Wildman–Crippen MR) is 173 cm³/mol. The van der Waals surface area contributed by atoms with Crippen molar-refractivity contribution in [2.45, 2.75) is 71.0 Å². The summed E-state index contributed by atoms with van der Waals surface area (Å²) in [5.74, 6) is -5.62. The highest BCUT2D eigenvalue weighted by atomic mass is 19.4. The Balaban J connectivity index is 0.000000278. The van der Waals surface area contributed by atoms with Gasteiger partial charge in [-0.1, -0.05) is 42.3 Å². The molecule has 4 rings (SSSR count).